The molecule has 292 valence electrons. The van der Waals surface area contributed by atoms with Gasteiger partial charge < -0.3 is 23.8 Å². The molecule has 0 aliphatic rings. The largest absolute Gasteiger partial charge is 0.543 e. The summed E-state index contributed by atoms with van der Waals surface area (Å²) >= 11 is 12.8. The van der Waals surface area contributed by atoms with Crippen molar-refractivity contribution in [2.24, 2.45) is 0 Å². The van der Waals surface area contributed by atoms with E-state index in [-0.39, 0.29) is 34.4 Å². The SMILES string of the molecule is COc1cc(Cn2c(C)cc(OCC(NC(=O)Nc3cc(C(C)(C)C)nn3-c3cccc(O[Si](C)(C)C(C)(C)C)c3)c3ccccc3)c(Cl)c2=O)ccc1Cl. The number of ether oxygens (including phenoxy) is 2. The fourth-order valence-electron chi connectivity index (χ4n) is 5.55. The number of nitrogens with one attached hydrogen (secondary N) is 2. The van der Waals surface area contributed by atoms with Crippen LogP contribution in [0.1, 0.15) is 70.1 Å². The van der Waals surface area contributed by atoms with Gasteiger partial charge in [-0.25, -0.2) is 9.48 Å². The smallest absolute Gasteiger partial charge is 0.321 e. The monoisotopic (exact) mass is 803 g/mol. The van der Waals surface area contributed by atoms with Gasteiger partial charge in [0.2, 0.25) is 8.32 Å². The quantitative estimate of drug-likeness (QED) is 0.122. The van der Waals surface area contributed by atoms with Crippen LogP contribution in [0, 0.1) is 6.92 Å². The van der Waals surface area contributed by atoms with Crippen LogP contribution in [0.5, 0.6) is 17.2 Å². The van der Waals surface area contributed by atoms with E-state index in [0.717, 1.165) is 28.3 Å². The molecule has 55 heavy (non-hydrogen) atoms. The number of anilines is 1. The summed E-state index contributed by atoms with van der Waals surface area (Å²) in [6.07, 6.45) is 0. The number of hydrogen-bond donors (Lipinski definition) is 2. The van der Waals surface area contributed by atoms with E-state index in [4.69, 9.17) is 42.2 Å². The number of aryl methyl sites for hydroxylation is 1. The molecule has 2 N–H and O–H groups in total. The lowest BCUT2D eigenvalue weighted by molar-refractivity contribution is 0.233. The standard InChI is InChI=1S/C42H51Cl2N5O5Si/c1-27-21-35(38(44)39(50)48(27)25-28-19-20-32(43)34(22-28)52-8)53-26-33(29-15-12-11-13-16-29)45-40(51)46-37-24-36(41(2,3)4)47-49(37)30-17-14-18-31(23-30)54-55(9,10)42(5,6)7/h11-24,33H,25-26H2,1-10H3,(H2,45,46,51). The second-order valence-electron chi connectivity index (χ2n) is 16.1. The summed E-state index contributed by atoms with van der Waals surface area (Å²) in [7, 11) is -0.569. The molecule has 1 atom stereocenters. The number of benzene rings is 3. The van der Waals surface area contributed by atoms with Gasteiger partial charge in [0.15, 0.2) is 0 Å². The first-order chi connectivity index (χ1) is 25.8. The minimum absolute atomic E-state index is 0.00618. The van der Waals surface area contributed by atoms with Gasteiger partial charge in [0.05, 0.1) is 36.1 Å². The maximum absolute atomic E-state index is 13.8. The fourth-order valence-corrected chi connectivity index (χ4v) is 6.98. The average molecular weight is 805 g/mol. The van der Waals surface area contributed by atoms with Gasteiger partial charge in [-0.3, -0.25) is 10.1 Å². The third-order valence-electron chi connectivity index (χ3n) is 9.84. The Bertz CT molecular complexity index is 2210. The Kier molecular flexibility index (Phi) is 12.5. The Morgan fingerprint density at radius 1 is 0.909 bits per heavy atom. The molecule has 2 heterocycles. The predicted octanol–water partition coefficient (Wildman–Crippen LogP) is 10.3. The summed E-state index contributed by atoms with van der Waals surface area (Å²) in [6, 6.07) is 25.1. The third-order valence-corrected chi connectivity index (χ3v) is 14.9. The molecule has 1 unspecified atom stereocenters. The van der Waals surface area contributed by atoms with Gasteiger partial charge in [0.1, 0.15) is 34.7 Å². The van der Waals surface area contributed by atoms with Crippen LogP contribution in [-0.4, -0.2) is 42.4 Å². The molecule has 0 radical (unpaired) electrons. The highest BCUT2D eigenvalue weighted by Gasteiger charge is 2.39. The minimum atomic E-state index is -2.11. The summed E-state index contributed by atoms with van der Waals surface area (Å²) in [4.78, 5) is 27.3. The zero-order chi connectivity index (χ0) is 40.3. The van der Waals surface area contributed by atoms with Crippen molar-refractivity contribution in [3.05, 3.63) is 128 Å². The van der Waals surface area contributed by atoms with Crippen LogP contribution in [0.2, 0.25) is 28.2 Å². The van der Waals surface area contributed by atoms with Crippen LogP contribution in [0.25, 0.3) is 5.69 Å². The number of nitrogens with zero attached hydrogens (tertiary/aromatic N) is 3. The molecule has 3 aromatic carbocycles. The first kappa shape index (κ1) is 41.5. The van der Waals surface area contributed by atoms with Gasteiger partial charge in [0.25, 0.3) is 5.56 Å². The summed E-state index contributed by atoms with van der Waals surface area (Å²) in [5, 5.41) is 11.4. The second kappa shape index (κ2) is 16.6. The zero-order valence-electron chi connectivity index (χ0n) is 33.2. The van der Waals surface area contributed by atoms with Crippen molar-refractivity contribution in [3.8, 4) is 22.9 Å². The molecule has 0 bridgehead atoms. The summed E-state index contributed by atoms with van der Waals surface area (Å²) in [6.45, 7) is 19.3. The molecule has 2 amide bonds. The molecule has 0 aliphatic heterocycles. The van der Waals surface area contributed by atoms with Gasteiger partial charge in [-0.1, -0.05) is 107 Å². The molecule has 0 fully saturated rings. The molecular formula is C42H51Cl2N5O5Si. The normalized spacial score (nSPS) is 12.6. The Morgan fingerprint density at radius 3 is 2.27 bits per heavy atom. The van der Waals surface area contributed by atoms with Crippen molar-refractivity contribution in [2.45, 2.75) is 84.6 Å². The van der Waals surface area contributed by atoms with Crippen LogP contribution < -0.4 is 30.1 Å². The number of carbonyl (C=O) groups is 1. The number of amides is 2. The van der Waals surface area contributed by atoms with Crippen molar-refractivity contribution >= 4 is 43.4 Å². The van der Waals surface area contributed by atoms with Crippen molar-refractivity contribution in [1.29, 1.82) is 0 Å². The lowest BCUT2D eigenvalue weighted by atomic mass is 9.92. The first-order valence-corrected chi connectivity index (χ1v) is 21.8. The van der Waals surface area contributed by atoms with E-state index < -0.39 is 25.9 Å². The van der Waals surface area contributed by atoms with E-state index in [2.05, 4.69) is 65.3 Å². The van der Waals surface area contributed by atoms with Crippen LogP contribution >= 0.6 is 23.2 Å². The first-order valence-electron chi connectivity index (χ1n) is 18.1. The third kappa shape index (κ3) is 9.94. The van der Waals surface area contributed by atoms with E-state index in [9.17, 15) is 9.59 Å². The zero-order valence-corrected chi connectivity index (χ0v) is 35.7. The summed E-state index contributed by atoms with van der Waals surface area (Å²) in [5.41, 5.74) is 3.11. The van der Waals surface area contributed by atoms with Crippen molar-refractivity contribution in [3.63, 3.8) is 0 Å². The van der Waals surface area contributed by atoms with E-state index in [1.54, 1.807) is 27.4 Å². The lowest BCUT2D eigenvalue weighted by Crippen LogP contribution is -2.43. The summed E-state index contributed by atoms with van der Waals surface area (Å²) in [5.74, 6) is 1.96. The minimum Gasteiger partial charge on any atom is -0.543 e. The predicted molar refractivity (Wildman–Crippen MR) is 224 cm³/mol. The Morgan fingerprint density at radius 2 is 1.62 bits per heavy atom. The number of rotatable bonds is 12. The maximum Gasteiger partial charge on any atom is 0.321 e. The molecule has 10 nitrogen and oxygen atoms in total. The topological polar surface area (TPSA) is 109 Å². The Hall–Kier alpha value is -4.71. The van der Waals surface area contributed by atoms with Gasteiger partial charge in [-0.05, 0) is 60.4 Å². The van der Waals surface area contributed by atoms with Crippen LogP contribution in [0.4, 0.5) is 10.6 Å². The van der Waals surface area contributed by atoms with Gasteiger partial charge >= 0.3 is 6.03 Å². The number of pyridine rings is 1. The molecule has 0 aliphatic carbocycles. The van der Waals surface area contributed by atoms with Gasteiger partial charge in [-0.2, -0.15) is 5.10 Å². The number of hydrogen-bond acceptors (Lipinski definition) is 6. The highest BCUT2D eigenvalue weighted by molar-refractivity contribution is 6.74. The molecule has 0 saturated carbocycles. The lowest BCUT2D eigenvalue weighted by Gasteiger charge is -2.36. The molecular weight excluding hydrogens is 753 g/mol. The summed E-state index contributed by atoms with van der Waals surface area (Å²) < 4.78 is 21.4. The number of aromatic nitrogens is 3. The van der Waals surface area contributed by atoms with Crippen molar-refractivity contribution < 1.29 is 18.7 Å². The van der Waals surface area contributed by atoms with Crippen molar-refractivity contribution in [1.82, 2.24) is 19.7 Å². The number of carbonyl (C=O) groups excluding carboxylic acids is 1. The molecule has 0 spiro atoms. The van der Waals surface area contributed by atoms with E-state index in [1.165, 1.54) is 7.11 Å². The van der Waals surface area contributed by atoms with E-state index >= 15 is 0 Å². The molecule has 5 aromatic rings. The van der Waals surface area contributed by atoms with Crippen LogP contribution in [0.3, 0.4) is 0 Å². The van der Waals surface area contributed by atoms with Crippen LogP contribution in [0.15, 0.2) is 89.7 Å². The molecule has 0 saturated heterocycles. The maximum atomic E-state index is 13.8. The average Bonchev–Trinajstić information content (AvgIpc) is 3.55. The Labute approximate surface area is 334 Å². The highest BCUT2D eigenvalue weighted by Crippen LogP contribution is 2.38. The van der Waals surface area contributed by atoms with E-state index in [1.807, 2.05) is 73.7 Å². The molecule has 5 rings (SSSR count). The fraction of sp³-hybridized carbons (Fsp3) is 0.357. The Balaban J connectivity index is 1.38. The second-order valence-corrected chi connectivity index (χ2v) is 21.6. The molecule has 2 aromatic heterocycles. The number of methoxy groups -OCH3 is 1. The molecule has 13 heteroatoms. The van der Waals surface area contributed by atoms with E-state index in [0.29, 0.717) is 22.3 Å². The number of urea groups is 1. The highest BCUT2D eigenvalue weighted by atomic mass is 35.5. The van der Waals surface area contributed by atoms with Gasteiger partial charge in [-0.15, -0.1) is 0 Å². The van der Waals surface area contributed by atoms with Crippen molar-refractivity contribution in [2.75, 3.05) is 19.0 Å². The van der Waals surface area contributed by atoms with Gasteiger partial charge in [0, 0.05) is 29.3 Å². The van der Waals surface area contributed by atoms with Crippen LogP contribution in [-0.2, 0) is 12.0 Å². The number of halogens is 2.